The number of nitrogens with two attached hydrogens (primary N) is 1. The molecule has 0 saturated carbocycles. The van der Waals surface area contributed by atoms with Crippen molar-refractivity contribution in [3.63, 3.8) is 0 Å². The monoisotopic (exact) mass is 263 g/mol. The average molecular weight is 263 g/mol. The lowest BCUT2D eigenvalue weighted by molar-refractivity contribution is 0.695. The predicted octanol–water partition coefficient (Wildman–Crippen LogP) is 3.93. The smallest absolute Gasteiger partial charge is 0.0438 e. The second-order valence-corrected chi connectivity index (χ2v) is 6.89. The van der Waals surface area contributed by atoms with Crippen molar-refractivity contribution in [2.45, 2.75) is 38.1 Å². The van der Waals surface area contributed by atoms with Crippen LogP contribution in [0.5, 0.6) is 0 Å². The zero-order valence-corrected chi connectivity index (χ0v) is 11.4. The van der Waals surface area contributed by atoms with Crippen LogP contribution < -0.4 is 5.73 Å². The Morgan fingerprint density at radius 2 is 2.18 bits per heavy atom. The molecular weight excluding hydrogens is 246 g/mol. The summed E-state index contributed by atoms with van der Waals surface area (Å²) in [4.78, 5) is 4.36. The van der Waals surface area contributed by atoms with Gasteiger partial charge in [0.1, 0.15) is 0 Å². The fraction of sp³-hybridized carbons (Fsp3) is 0.429. The van der Waals surface area contributed by atoms with Crippen molar-refractivity contribution in [3.8, 4) is 0 Å². The van der Waals surface area contributed by atoms with Crippen molar-refractivity contribution < 1.29 is 0 Å². The van der Waals surface area contributed by atoms with Gasteiger partial charge in [-0.2, -0.15) is 0 Å². The lowest BCUT2D eigenvalue weighted by atomic mass is 9.98. The highest BCUT2D eigenvalue weighted by Crippen LogP contribution is 2.33. The molecule has 1 atom stereocenters. The molecule has 0 bridgehead atoms. The van der Waals surface area contributed by atoms with Crippen LogP contribution in [0.2, 0.25) is 0 Å². The van der Waals surface area contributed by atoms with Crippen molar-refractivity contribution in [1.82, 2.24) is 0 Å². The Bertz CT molecular complexity index is 461. The highest BCUT2D eigenvalue weighted by atomic mass is 32.1. The normalized spacial score (nSPS) is 16.8. The van der Waals surface area contributed by atoms with E-state index in [1.54, 1.807) is 21.8 Å². The number of fused-ring (bicyclic) bond motifs is 1. The SMILES string of the molecule is NC(Cc1cccs1)c1cc2c(s1)CCCC2. The molecule has 2 aromatic rings. The minimum atomic E-state index is 0.184. The Morgan fingerprint density at radius 1 is 1.29 bits per heavy atom. The minimum Gasteiger partial charge on any atom is -0.323 e. The zero-order valence-electron chi connectivity index (χ0n) is 9.82. The molecule has 3 rings (SSSR count). The fourth-order valence-corrected chi connectivity index (χ4v) is 4.47. The number of rotatable bonds is 3. The van der Waals surface area contributed by atoms with Crippen molar-refractivity contribution in [2.75, 3.05) is 0 Å². The quantitative estimate of drug-likeness (QED) is 0.892. The summed E-state index contributed by atoms with van der Waals surface area (Å²) in [5.41, 5.74) is 7.88. The van der Waals surface area contributed by atoms with Crippen molar-refractivity contribution in [3.05, 3.63) is 43.8 Å². The maximum absolute atomic E-state index is 6.32. The zero-order chi connectivity index (χ0) is 11.7. The molecule has 3 heteroatoms. The Labute approximate surface area is 110 Å². The fourth-order valence-electron chi connectivity index (χ4n) is 2.44. The van der Waals surface area contributed by atoms with Gasteiger partial charge in [-0.1, -0.05) is 6.07 Å². The van der Waals surface area contributed by atoms with Crippen molar-refractivity contribution in [2.24, 2.45) is 5.73 Å². The summed E-state index contributed by atoms with van der Waals surface area (Å²) in [5.74, 6) is 0. The topological polar surface area (TPSA) is 26.0 Å². The van der Waals surface area contributed by atoms with E-state index in [1.807, 2.05) is 11.3 Å². The van der Waals surface area contributed by atoms with Gasteiger partial charge in [0.05, 0.1) is 0 Å². The molecule has 0 aromatic carbocycles. The van der Waals surface area contributed by atoms with E-state index in [9.17, 15) is 0 Å². The lowest BCUT2D eigenvalue weighted by Gasteiger charge is -2.08. The van der Waals surface area contributed by atoms with E-state index in [0.717, 1.165) is 6.42 Å². The molecule has 1 nitrogen and oxygen atoms in total. The Hall–Kier alpha value is -0.640. The summed E-state index contributed by atoms with van der Waals surface area (Å²) >= 11 is 3.75. The molecule has 0 saturated heterocycles. The molecular formula is C14H17NS2. The Kier molecular flexibility index (Phi) is 3.32. The van der Waals surface area contributed by atoms with Crippen LogP contribution in [0.15, 0.2) is 23.6 Å². The summed E-state index contributed by atoms with van der Waals surface area (Å²) in [7, 11) is 0. The molecule has 0 spiro atoms. The maximum atomic E-state index is 6.32. The first kappa shape index (κ1) is 11.5. The Balaban J connectivity index is 1.77. The van der Waals surface area contributed by atoms with Gasteiger partial charge in [-0.3, -0.25) is 0 Å². The van der Waals surface area contributed by atoms with Gasteiger partial charge in [0.2, 0.25) is 0 Å². The summed E-state index contributed by atoms with van der Waals surface area (Å²) in [6.45, 7) is 0. The summed E-state index contributed by atoms with van der Waals surface area (Å²) < 4.78 is 0. The number of aryl methyl sites for hydroxylation is 2. The minimum absolute atomic E-state index is 0.184. The molecule has 90 valence electrons. The molecule has 0 radical (unpaired) electrons. The highest BCUT2D eigenvalue weighted by Gasteiger charge is 2.17. The molecule has 2 heterocycles. The second kappa shape index (κ2) is 4.92. The second-order valence-electron chi connectivity index (χ2n) is 4.69. The van der Waals surface area contributed by atoms with E-state index in [1.165, 1.54) is 35.4 Å². The van der Waals surface area contributed by atoms with Crippen LogP contribution in [0.3, 0.4) is 0 Å². The van der Waals surface area contributed by atoms with E-state index in [-0.39, 0.29) is 6.04 Å². The van der Waals surface area contributed by atoms with Crippen LogP contribution in [-0.2, 0) is 19.3 Å². The van der Waals surface area contributed by atoms with Crippen LogP contribution in [0.4, 0.5) is 0 Å². The number of hydrogen-bond donors (Lipinski definition) is 1. The first-order chi connectivity index (χ1) is 8.33. The predicted molar refractivity (Wildman–Crippen MR) is 75.9 cm³/mol. The van der Waals surface area contributed by atoms with Gasteiger partial charge < -0.3 is 5.73 Å². The molecule has 1 aliphatic rings. The van der Waals surface area contributed by atoms with E-state index in [4.69, 9.17) is 5.73 Å². The molecule has 2 N–H and O–H groups in total. The van der Waals surface area contributed by atoms with E-state index < -0.39 is 0 Å². The first-order valence-electron chi connectivity index (χ1n) is 6.22. The molecule has 0 aliphatic heterocycles. The summed E-state index contributed by atoms with van der Waals surface area (Å²) in [6.07, 6.45) is 6.22. The third kappa shape index (κ3) is 2.46. The first-order valence-corrected chi connectivity index (χ1v) is 7.92. The molecule has 0 fully saturated rings. The van der Waals surface area contributed by atoms with Crippen LogP contribution in [-0.4, -0.2) is 0 Å². The molecule has 2 aromatic heterocycles. The summed E-state index contributed by atoms with van der Waals surface area (Å²) in [6, 6.07) is 6.83. The van der Waals surface area contributed by atoms with Gasteiger partial charge in [-0.15, -0.1) is 22.7 Å². The van der Waals surface area contributed by atoms with Crippen molar-refractivity contribution in [1.29, 1.82) is 0 Å². The largest absolute Gasteiger partial charge is 0.323 e. The summed E-state index contributed by atoms with van der Waals surface area (Å²) in [5, 5.41) is 2.13. The van der Waals surface area contributed by atoms with Crippen LogP contribution in [0, 0.1) is 0 Å². The molecule has 1 unspecified atom stereocenters. The van der Waals surface area contributed by atoms with Gasteiger partial charge in [0.15, 0.2) is 0 Å². The van der Waals surface area contributed by atoms with Gasteiger partial charge in [0.25, 0.3) is 0 Å². The number of hydrogen-bond acceptors (Lipinski definition) is 3. The standard InChI is InChI=1S/C14H17NS2/c15-12(9-11-5-3-7-16-11)14-8-10-4-1-2-6-13(10)17-14/h3,5,7-8,12H,1-2,4,6,9,15H2. The van der Waals surface area contributed by atoms with E-state index >= 15 is 0 Å². The molecule has 17 heavy (non-hydrogen) atoms. The van der Waals surface area contributed by atoms with Crippen LogP contribution >= 0.6 is 22.7 Å². The third-order valence-corrected chi connectivity index (χ3v) is 5.65. The average Bonchev–Trinajstić information content (AvgIpc) is 2.96. The third-order valence-electron chi connectivity index (χ3n) is 3.38. The van der Waals surface area contributed by atoms with Crippen LogP contribution in [0.25, 0.3) is 0 Å². The van der Waals surface area contributed by atoms with Crippen LogP contribution in [0.1, 0.15) is 39.1 Å². The molecule has 1 aliphatic carbocycles. The van der Waals surface area contributed by atoms with Gasteiger partial charge >= 0.3 is 0 Å². The Morgan fingerprint density at radius 3 is 2.94 bits per heavy atom. The maximum Gasteiger partial charge on any atom is 0.0438 e. The van der Waals surface area contributed by atoms with E-state index in [2.05, 4.69) is 23.6 Å². The van der Waals surface area contributed by atoms with Gasteiger partial charge in [-0.05, 0) is 48.8 Å². The molecule has 0 amide bonds. The van der Waals surface area contributed by atoms with Gasteiger partial charge in [0, 0.05) is 27.1 Å². The van der Waals surface area contributed by atoms with Crippen molar-refractivity contribution >= 4 is 22.7 Å². The van der Waals surface area contributed by atoms with E-state index in [0.29, 0.717) is 0 Å². The lowest BCUT2D eigenvalue weighted by Crippen LogP contribution is -2.10. The van der Waals surface area contributed by atoms with Gasteiger partial charge in [-0.25, -0.2) is 0 Å². The number of thiophene rings is 2. The highest BCUT2D eigenvalue weighted by molar-refractivity contribution is 7.12.